The number of benzene rings is 1. The average molecular weight is 260 g/mol. The van der Waals surface area contributed by atoms with E-state index in [1.165, 1.54) is 18.4 Å². The van der Waals surface area contributed by atoms with Crippen molar-refractivity contribution in [3.8, 4) is 0 Å². The Morgan fingerprint density at radius 2 is 1.84 bits per heavy atom. The van der Waals surface area contributed by atoms with Gasteiger partial charge in [0.1, 0.15) is 0 Å². The summed E-state index contributed by atoms with van der Waals surface area (Å²) in [7, 11) is 0. The Labute approximate surface area is 115 Å². The van der Waals surface area contributed by atoms with Crippen molar-refractivity contribution in [3.63, 3.8) is 0 Å². The van der Waals surface area contributed by atoms with Crippen LogP contribution in [-0.4, -0.2) is 18.5 Å². The molecule has 0 aliphatic heterocycles. The number of carbonyl (C=O) groups excluding carboxylic acids is 1. The summed E-state index contributed by atoms with van der Waals surface area (Å²) in [5.74, 6) is 0.826. The third kappa shape index (κ3) is 4.35. The van der Waals surface area contributed by atoms with Crippen molar-refractivity contribution in [2.24, 2.45) is 5.73 Å². The van der Waals surface area contributed by atoms with Gasteiger partial charge in [0, 0.05) is 12.5 Å². The summed E-state index contributed by atoms with van der Waals surface area (Å²) in [6.07, 6.45) is 5.87. The molecule has 1 aliphatic rings. The van der Waals surface area contributed by atoms with Gasteiger partial charge in [-0.15, -0.1) is 0 Å². The molecule has 0 heterocycles. The molecular weight excluding hydrogens is 236 g/mol. The van der Waals surface area contributed by atoms with Crippen LogP contribution in [-0.2, 0) is 4.79 Å². The molecule has 0 aromatic heterocycles. The molecule has 104 valence electrons. The first-order valence-corrected chi connectivity index (χ1v) is 7.34. The summed E-state index contributed by atoms with van der Waals surface area (Å²) in [6.45, 7) is 0.591. The van der Waals surface area contributed by atoms with Crippen LogP contribution >= 0.6 is 0 Å². The van der Waals surface area contributed by atoms with E-state index in [9.17, 15) is 4.79 Å². The van der Waals surface area contributed by atoms with Gasteiger partial charge < -0.3 is 11.1 Å². The second kappa shape index (κ2) is 7.29. The van der Waals surface area contributed by atoms with Gasteiger partial charge in [-0.25, -0.2) is 0 Å². The van der Waals surface area contributed by atoms with Crippen molar-refractivity contribution in [1.29, 1.82) is 0 Å². The zero-order chi connectivity index (χ0) is 13.5. The molecule has 0 unspecified atom stereocenters. The van der Waals surface area contributed by atoms with Gasteiger partial charge in [0.2, 0.25) is 5.91 Å². The Bertz CT molecular complexity index is 383. The minimum atomic E-state index is 0.161. The molecule has 0 radical (unpaired) electrons. The lowest BCUT2D eigenvalue weighted by Gasteiger charge is -2.29. The normalized spacial score (nSPS) is 23.0. The number of nitrogens with two attached hydrogens (primary N) is 1. The van der Waals surface area contributed by atoms with Gasteiger partial charge >= 0.3 is 0 Å². The quantitative estimate of drug-likeness (QED) is 0.855. The molecule has 0 saturated heterocycles. The van der Waals surface area contributed by atoms with Gasteiger partial charge in [-0.3, -0.25) is 4.79 Å². The molecule has 0 spiro atoms. The van der Waals surface area contributed by atoms with E-state index in [4.69, 9.17) is 5.73 Å². The average Bonchev–Trinajstić information content (AvgIpc) is 2.47. The van der Waals surface area contributed by atoms with Crippen LogP contribution in [0.4, 0.5) is 0 Å². The minimum Gasteiger partial charge on any atom is -0.353 e. The van der Waals surface area contributed by atoms with Crippen LogP contribution in [0.25, 0.3) is 0 Å². The van der Waals surface area contributed by atoms with Gasteiger partial charge in [0.25, 0.3) is 0 Å². The third-order valence-electron chi connectivity index (χ3n) is 3.97. The number of amides is 1. The van der Waals surface area contributed by atoms with Crippen molar-refractivity contribution in [1.82, 2.24) is 5.32 Å². The number of nitrogens with one attached hydrogen (secondary N) is 1. The lowest BCUT2D eigenvalue weighted by atomic mass is 9.82. The first kappa shape index (κ1) is 14.1. The fraction of sp³-hybridized carbons (Fsp3) is 0.562. The number of rotatable bonds is 5. The molecule has 1 fully saturated rings. The van der Waals surface area contributed by atoms with E-state index in [1.807, 2.05) is 0 Å². The molecule has 2 rings (SSSR count). The molecule has 1 amide bonds. The predicted octanol–water partition coefficient (Wildman–Crippen LogP) is 2.57. The highest BCUT2D eigenvalue weighted by molar-refractivity contribution is 5.76. The van der Waals surface area contributed by atoms with Gasteiger partial charge in [-0.1, -0.05) is 30.3 Å². The molecule has 1 aromatic carbocycles. The van der Waals surface area contributed by atoms with Gasteiger partial charge in [0.05, 0.1) is 0 Å². The van der Waals surface area contributed by atoms with E-state index in [0.717, 1.165) is 19.3 Å². The molecule has 1 aliphatic carbocycles. The van der Waals surface area contributed by atoms with Gasteiger partial charge in [-0.2, -0.15) is 0 Å². The molecule has 1 aromatic rings. The standard InChI is InChI=1S/C16H24N2O/c17-12-4-7-16(19)18-15-10-8-14(9-11-15)13-5-2-1-3-6-13/h1-3,5-6,14-15H,4,7-12,17H2,(H,18,19). The minimum absolute atomic E-state index is 0.161. The second-order valence-corrected chi connectivity index (χ2v) is 5.42. The highest BCUT2D eigenvalue weighted by Gasteiger charge is 2.22. The van der Waals surface area contributed by atoms with Crippen LogP contribution in [0, 0.1) is 0 Å². The molecule has 0 bridgehead atoms. The topological polar surface area (TPSA) is 55.1 Å². The maximum Gasteiger partial charge on any atom is 0.220 e. The zero-order valence-electron chi connectivity index (χ0n) is 11.5. The van der Waals surface area contributed by atoms with Crippen LogP contribution in [0.5, 0.6) is 0 Å². The highest BCUT2D eigenvalue weighted by atomic mass is 16.1. The lowest BCUT2D eigenvalue weighted by molar-refractivity contribution is -0.122. The number of hydrogen-bond donors (Lipinski definition) is 2. The molecular formula is C16H24N2O. The van der Waals surface area contributed by atoms with E-state index >= 15 is 0 Å². The molecule has 3 N–H and O–H groups in total. The maximum absolute atomic E-state index is 11.7. The molecule has 1 saturated carbocycles. The second-order valence-electron chi connectivity index (χ2n) is 5.42. The van der Waals surface area contributed by atoms with Gasteiger partial charge in [-0.05, 0) is 50.1 Å². The SMILES string of the molecule is NCCCC(=O)NC1CCC(c2ccccc2)CC1. The number of hydrogen-bond acceptors (Lipinski definition) is 2. The maximum atomic E-state index is 11.7. The summed E-state index contributed by atoms with van der Waals surface area (Å²) in [5, 5.41) is 3.13. The summed E-state index contributed by atoms with van der Waals surface area (Å²) in [5.41, 5.74) is 6.85. The smallest absolute Gasteiger partial charge is 0.220 e. The Kier molecular flexibility index (Phi) is 5.40. The molecule has 0 atom stereocenters. The van der Waals surface area contributed by atoms with Crippen LogP contribution in [0.2, 0.25) is 0 Å². The van der Waals surface area contributed by atoms with E-state index in [1.54, 1.807) is 0 Å². The monoisotopic (exact) mass is 260 g/mol. The molecule has 19 heavy (non-hydrogen) atoms. The van der Waals surface area contributed by atoms with Crippen molar-refractivity contribution in [2.45, 2.75) is 50.5 Å². The zero-order valence-corrected chi connectivity index (χ0v) is 11.5. The van der Waals surface area contributed by atoms with Crippen molar-refractivity contribution < 1.29 is 4.79 Å². The Morgan fingerprint density at radius 3 is 2.47 bits per heavy atom. The first-order chi connectivity index (χ1) is 9.29. The van der Waals surface area contributed by atoms with E-state index in [2.05, 4.69) is 35.6 Å². The summed E-state index contributed by atoms with van der Waals surface area (Å²) < 4.78 is 0. The van der Waals surface area contributed by atoms with Crippen molar-refractivity contribution in [2.75, 3.05) is 6.54 Å². The highest BCUT2D eigenvalue weighted by Crippen LogP contribution is 2.32. The van der Waals surface area contributed by atoms with Crippen molar-refractivity contribution in [3.05, 3.63) is 35.9 Å². The van der Waals surface area contributed by atoms with Crippen molar-refractivity contribution >= 4 is 5.91 Å². The van der Waals surface area contributed by atoms with E-state index in [0.29, 0.717) is 24.9 Å². The summed E-state index contributed by atoms with van der Waals surface area (Å²) in [6, 6.07) is 11.1. The Hall–Kier alpha value is -1.35. The van der Waals surface area contributed by atoms with E-state index < -0.39 is 0 Å². The van der Waals surface area contributed by atoms with Crippen LogP contribution in [0.1, 0.15) is 50.0 Å². The van der Waals surface area contributed by atoms with Crippen LogP contribution < -0.4 is 11.1 Å². The third-order valence-corrected chi connectivity index (χ3v) is 3.97. The van der Waals surface area contributed by atoms with Crippen LogP contribution in [0.3, 0.4) is 0 Å². The Balaban J connectivity index is 1.75. The predicted molar refractivity (Wildman–Crippen MR) is 77.9 cm³/mol. The summed E-state index contributed by atoms with van der Waals surface area (Å²) in [4.78, 5) is 11.7. The lowest BCUT2D eigenvalue weighted by Crippen LogP contribution is -2.37. The summed E-state index contributed by atoms with van der Waals surface area (Å²) >= 11 is 0. The fourth-order valence-electron chi connectivity index (χ4n) is 2.86. The van der Waals surface area contributed by atoms with Gasteiger partial charge in [0.15, 0.2) is 0 Å². The largest absolute Gasteiger partial charge is 0.353 e. The van der Waals surface area contributed by atoms with Crippen LogP contribution in [0.15, 0.2) is 30.3 Å². The fourth-order valence-corrected chi connectivity index (χ4v) is 2.86. The first-order valence-electron chi connectivity index (χ1n) is 7.34. The molecule has 3 heteroatoms. The Morgan fingerprint density at radius 1 is 1.16 bits per heavy atom. The molecule has 3 nitrogen and oxygen atoms in total. The van der Waals surface area contributed by atoms with E-state index in [-0.39, 0.29) is 5.91 Å². The number of carbonyl (C=O) groups is 1.